The van der Waals surface area contributed by atoms with Gasteiger partial charge in [-0.25, -0.2) is 14.8 Å². The minimum absolute atomic E-state index is 0.295. The maximum atomic E-state index is 11.5. The molecular weight excluding hydrogens is 284 g/mol. The van der Waals surface area contributed by atoms with Crippen molar-refractivity contribution in [1.82, 2.24) is 30.1 Å². The molecule has 8 nitrogen and oxygen atoms in total. The molecule has 0 aliphatic carbocycles. The Labute approximate surface area is 125 Å². The van der Waals surface area contributed by atoms with Crippen LogP contribution in [0.15, 0.2) is 17.2 Å². The second-order valence-electron chi connectivity index (χ2n) is 5.54. The van der Waals surface area contributed by atoms with Crippen LogP contribution in [0.2, 0.25) is 0 Å². The first-order valence-electron chi connectivity index (χ1n) is 7.35. The second kappa shape index (κ2) is 5.38. The monoisotopic (exact) mass is 300 g/mol. The van der Waals surface area contributed by atoms with E-state index >= 15 is 0 Å². The number of aromatic amines is 3. The van der Waals surface area contributed by atoms with Crippen molar-refractivity contribution in [1.29, 1.82) is 0 Å². The molecule has 3 aromatic heterocycles. The van der Waals surface area contributed by atoms with Crippen LogP contribution in [0.4, 0.5) is 0 Å². The Kier molecular flexibility index (Phi) is 3.23. The molecule has 0 unspecified atom stereocenters. The van der Waals surface area contributed by atoms with Crippen LogP contribution in [-0.4, -0.2) is 43.3 Å². The van der Waals surface area contributed by atoms with Gasteiger partial charge in [-0.2, -0.15) is 5.10 Å². The quantitative estimate of drug-likeness (QED) is 0.668. The highest BCUT2D eigenvalue weighted by atomic mass is 16.5. The molecule has 0 spiro atoms. The third kappa shape index (κ3) is 2.41. The van der Waals surface area contributed by atoms with Gasteiger partial charge in [0, 0.05) is 25.0 Å². The molecule has 22 heavy (non-hydrogen) atoms. The van der Waals surface area contributed by atoms with E-state index in [4.69, 9.17) is 4.74 Å². The number of imidazole rings is 1. The lowest BCUT2D eigenvalue weighted by atomic mass is 9.93. The molecule has 0 amide bonds. The molecular formula is C14H16N6O2. The number of fused-ring (bicyclic) bond motifs is 1. The molecule has 8 heteroatoms. The molecule has 1 aliphatic rings. The van der Waals surface area contributed by atoms with Gasteiger partial charge in [0.25, 0.3) is 0 Å². The molecule has 1 saturated heterocycles. The number of H-pyrrole nitrogens is 3. The lowest BCUT2D eigenvalue weighted by Gasteiger charge is -2.22. The summed E-state index contributed by atoms with van der Waals surface area (Å²) in [6.07, 6.45) is 6.37. The van der Waals surface area contributed by atoms with Gasteiger partial charge in [-0.1, -0.05) is 0 Å². The number of rotatable bonds is 3. The Balaban J connectivity index is 1.79. The van der Waals surface area contributed by atoms with Gasteiger partial charge in [0.2, 0.25) is 0 Å². The fourth-order valence-electron chi connectivity index (χ4n) is 2.87. The highest BCUT2D eigenvalue weighted by Crippen LogP contribution is 2.26. The standard InChI is InChI=1S/C14H16N6O2/c21-14-19-12-13(20-14)18-11(9-6-15-16-7-9)10(17-12)5-8-1-3-22-4-2-8/h6-8H,1-5H2,(H,15,16)(H2,17,18,19,20,21). The minimum Gasteiger partial charge on any atom is -0.381 e. The molecule has 114 valence electrons. The zero-order valence-corrected chi connectivity index (χ0v) is 11.9. The van der Waals surface area contributed by atoms with Crippen LogP contribution >= 0.6 is 0 Å². The van der Waals surface area contributed by atoms with Gasteiger partial charge in [0.1, 0.15) is 0 Å². The number of hydrogen-bond acceptors (Lipinski definition) is 5. The summed E-state index contributed by atoms with van der Waals surface area (Å²) in [5, 5.41) is 6.77. The summed E-state index contributed by atoms with van der Waals surface area (Å²) in [4.78, 5) is 26.0. The molecule has 0 saturated carbocycles. The first-order valence-corrected chi connectivity index (χ1v) is 7.35. The van der Waals surface area contributed by atoms with Crippen molar-refractivity contribution in [3.8, 4) is 11.3 Å². The SMILES string of the molecule is O=c1[nH]c2nc(CC3CCOCC3)c(-c3cn[nH]c3)nc2[nH]1. The number of nitrogens with one attached hydrogen (secondary N) is 3. The highest BCUT2D eigenvalue weighted by Gasteiger charge is 2.20. The van der Waals surface area contributed by atoms with Crippen LogP contribution in [0, 0.1) is 5.92 Å². The Morgan fingerprint density at radius 1 is 1.18 bits per heavy atom. The Morgan fingerprint density at radius 3 is 2.68 bits per heavy atom. The summed E-state index contributed by atoms with van der Waals surface area (Å²) >= 11 is 0. The molecule has 0 radical (unpaired) electrons. The second-order valence-corrected chi connectivity index (χ2v) is 5.54. The van der Waals surface area contributed by atoms with Crippen molar-refractivity contribution in [3.05, 3.63) is 28.6 Å². The van der Waals surface area contributed by atoms with Gasteiger partial charge in [0.05, 0.1) is 17.6 Å². The van der Waals surface area contributed by atoms with Crippen molar-refractivity contribution in [2.45, 2.75) is 19.3 Å². The fourth-order valence-corrected chi connectivity index (χ4v) is 2.87. The van der Waals surface area contributed by atoms with E-state index in [2.05, 4.69) is 30.1 Å². The van der Waals surface area contributed by atoms with Gasteiger partial charge in [-0.05, 0) is 25.2 Å². The zero-order valence-electron chi connectivity index (χ0n) is 11.9. The van der Waals surface area contributed by atoms with E-state index in [0.29, 0.717) is 17.2 Å². The summed E-state index contributed by atoms with van der Waals surface area (Å²) in [7, 11) is 0. The summed E-state index contributed by atoms with van der Waals surface area (Å²) in [6, 6.07) is 0. The summed E-state index contributed by atoms with van der Waals surface area (Å²) < 4.78 is 5.41. The van der Waals surface area contributed by atoms with Gasteiger partial charge in [-0.3, -0.25) is 15.1 Å². The van der Waals surface area contributed by atoms with Crippen LogP contribution in [-0.2, 0) is 11.2 Å². The maximum Gasteiger partial charge on any atom is 0.326 e. The highest BCUT2D eigenvalue weighted by molar-refractivity contribution is 5.71. The molecule has 1 fully saturated rings. The number of aromatic nitrogens is 6. The molecule has 4 rings (SSSR count). The molecule has 3 N–H and O–H groups in total. The Hall–Kier alpha value is -2.48. The third-order valence-electron chi connectivity index (χ3n) is 4.03. The van der Waals surface area contributed by atoms with E-state index in [1.165, 1.54) is 0 Å². The molecule has 4 heterocycles. The van der Waals surface area contributed by atoms with Gasteiger partial charge < -0.3 is 4.74 Å². The molecule has 1 aliphatic heterocycles. The van der Waals surface area contributed by atoms with E-state index in [1.54, 1.807) is 12.4 Å². The van der Waals surface area contributed by atoms with Gasteiger partial charge >= 0.3 is 5.69 Å². The summed E-state index contributed by atoms with van der Waals surface area (Å²) in [5.74, 6) is 0.525. The van der Waals surface area contributed by atoms with Crippen molar-refractivity contribution >= 4 is 11.3 Å². The van der Waals surface area contributed by atoms with Crippen molar-refractivity contribution < 1.29 is 4.74 Å². The number of ether oxygens (including phenoxy) is 1. The lowest BCUT2D eigenvalue weighted by Crippen LogP contribution is -2.18. The average Bonchev–Trinajstić information content (AvgIpc) is 3.15. The lowest BCUT2D eigenvalue weighted by molar-refractivity contribution is 0.0663. The number of nitrogens with zero attached hydrogens (tertiary/aromatic N) is 3. The first-order chi connectivity index (χ1) is 10.8. The van der Waals surface area contributed by atoms with Crippen LogP contribution in [0.5, 0.6) is 0 Å². The third-order valence-corrected chi connectivity index (χ3v) is 4.03. The fraction of sp³-hybridized carbons (Fsp3) is 0.429. The molecule has 0 aromatic carbocycles. The van der Waals surface area contributed by atoms with Crippen LogP contribution in [0.25, 0.3) is 22.6 Å². The summed E-state index contributed by atoms with van der Waals surface area (Å²) in [6.45, 7) is 1.59. The normalized spacial score (nSPS) is 16.4. The largest absolute Gasteiger partial charge is 0.381 e. The molecule has 0 atom stereocenters. The predicted molar refractivity (Wildman–Crippen MR) is 79.3 cm³/mol. The van der Waals surface area contributed by atoms with Gasteiger partial charge in [-0.15, -0.1) is 0 Å². The minimum atomic E-state index is -0.295. The van der Waals surface area contributed by atoms with E-state index in [0.717, 1.165) is 49.4 Å². The Morgan fingerprint density at radius 2 is 1.95 bits per heavy atom. The topological polar surface area (TPSA) is 112 Å². The molecule has 0 bridgehead atoms. The van der Waals surface area contributed by atoms with E-state index < -0.39 is 0 Å². The van der Waals surface area contributed by atoms with Gasteiger partial charge in [0.15, 0.2) is 11.3 Å². The van der Waals surface area contributed by atoms with Crippen LogP contribution < -0.4 is 5.69 Å². The first kappa shape index (κ1) is 13.2. The van der Waals surface area contributed by atoms with Crippen molar-refractivity contribution in [3.63, 3.8) is 0 Å². The van der Waals surface area contributed by atoms with Crippen LogP contribution in [0.3, 0.4) is 0 Å². The summed E-state index contributed by atoms with van der Waals surface area (Å²) in [5.41, 5.74) is 3.20. The van der Waals surface area contributed by atoms with Crippen LogP contribution in [0.1, 0.15) is 18.5 Å². The Bertz CT molecular complexity index is 829. The zero-order chi connectivity index (χ0) is 14.9. The van der Waals surface area contributed by atoms with E-state index in [9.17, 15) is 4.79 Å². The number of hydrogen-bond donors (Lipinski definition) is 3. The maximum absolute atomic E-state index is 11.5. The van der Waals surface area contributed by atoms with Crippen molar-refractivity contribution in [2.24, 2.45) is 5.92 Å². The molecule has 3 aromatic rings. The van der Waals surface area contributed by atoms with E-state index in [1.807, 2.05) is 0 Å². The smallest absolute Gasteiger partial charge is 0.326 e. The van der Waals surface area contributed by atoms with E-state index in [-0.39, 0.29) is 5.69 Å². The average molecular weight is 300 g/mol. The van der Waals surface area contributed by atoms with Crippen molar-refractivity contribution in [2.75, 3.05) is 13.2 Å². The predicted octanol–water partition coefficient (Wildman–Crippen LogP) is 1.01.